The lowest BCUT2D eigenvalue weighted by molar-refractivity contribution is 0.628. The summed E-state index contributed by atoms with van der Waals surface area (Å²) in [7, 11) is 0. The van der Waals surface area contributed by atoms with E-state index >= 15 is 0 Å². The topological polar surface area (TPSA) is 54.0 Å². The molecule has 0 aliphatic carbocycles. The third-order valence-electron chi connectivity index (χ3n) is 3.22. The first-order valence-electron chi connectivity index (χ1n) is 6.25. The van der Waals surface area contributed by atoms with Gasteiger partial charge in [-0.05, 0) is 30.7 Å². The van der Waals surface area contributed by atoms with Crippen LogP contribution in [0.1, 0.15) is 17.1 Å². The molecule has 0 atom stereocenters. The summed E-state index contributed by atoms with van der Waals surface area (Å²) in [4.78, 5) is 4.29. The maximum Gasteiger partial charge on any atom is 0.174 e. The van der Waals surface area contributed by atoms with Crippen LogP contribution >= 0.6 is 11.6 Å². The molecule has 0 unspecified atom stereocenters. The summed E-state index contributed by atoms with van der Waals surface area (Å²) in [5.41, 5.74) is 3.15. The van der Waals surface area contributed by atoms with Gasteiger partial charge < -0.3 is 0 Å². The van der Waals surface area contributed by atoms with Crippen LogP contribution < -0.4 is 0 Å². The molecule has 0 saturated heterocycles. The quantitative estimate of drug-likeness (QED) is 0.681. The van der Waals surface area contributed by atoms with Crippen LogP contribution in [0, 0.1) is 24.1 Å². The first-order valence-corrected chi connectivity index (χ1v) is 6.78. The average Bonchev–Trinajstić information content (AvgIpc) is 2.93. The zero-order valence-corrected chi connectivity index (χ0v) is 11.9. The van der Waals surface area contributed by atoms with Crippen molar-refractivity contribution in [3.8, 4) is 17.2 Å². The number of aryl methyl sites for hydroxylation is 1. The molecule has 0 aliphatic rings. The summed E-state index contributed by atoms with van der Waals surface area (Å²) < 4.78 is 14.7. The molecule has 3 rings (SSSR count). The number of alkyl halides is 1. The van der Waals surface area contributed by atoms with Crippen LogP contribution in [0.25, 0.3) is 16.8 Å². The molecular weight excluding hydrogens is 291 g/mol. The van der Waals surface area contributed by atoms with Crippen LogP contribution in [-0.4, -0.2) is 14.6 Å². The van der Waals surface area contributed by atoms with Crippen molar-refractivity contribution in [3.63, 3.8) is 0 Å². The summed E-state index contributed by atoms with van der Waals surface area (Å²) in [5.74, 6) is 0.326. The highest BCUT2D eigenvalue weighted by Crippen LogP contribution is 2.27. The predicted octanol–water partition coefficient (Wildman–Crippen LogP) is 3.45. The number of pyridine rings is 1. The highest BCUT2D eigenvalue weighted by molar-refractivity contribution is 6.16. The van der Waals surface area contributed by atoms with E-state index in [0.29, 0.717) is 22.6 Å². The van der Waals surface area contributed by atoms with Crippen LogP contribution in [0.5, 0.6) is 0 Å². The van der Waals surface area contributed by atoms with Gasteiger partial charge in [0, 0.05) is 11.3 Å². The molecule has 4 nitrogen and oxygen atoms in total. The Balaban J connectivity index is 2.33. The van der Waals surface area contributed by atoms with Gasteiger partial charge in [-0.25, -0.2) is 13.9 Å². The number of hydrogen-bond acceptors (Lipinski definition) is 3. The Bertz CT molecular complexity index is 862. The fourth-order valence-corrected chi connectivity index (χ4v) is 2.36. The van der Waals surface area contributed by atoms with Gasteiger partial charge in [-0.15, -0.1) is 16.7 Å². The molecule has 3 aromatic rings. The van der Waals surface area contributed by atoms with E-state index in [2.05, 4.69) is 16.2 Å². The van der Waals surface area contributed by atoms with Gasteiger partial charge in [0.1, 0.15) is 17.4 Å². The maximum absolute atomic E-state index is 13.1. The number of rotatable bonds is 2. The molecule has 0 N–H and O–H groups in total. The Kier molecular flexibility index (Phi) is 3.32. The van der Waals surface area contributed by atoms with Crippen molar-refractivity contribution in [2.45, 2.75) is 12.8 Å². The predicted molar refractivity (Wildman–Crippen MR) is 77.4 cm³/mol. The van der Waals surface area contributed by atoms with Gasteiger partial charge in [0.2, 0.25) is 0 Å². The van der Waals surface area contributed by atoms with Crippen molar-refractivity contribution >= 4 is 17.2 Å². The Morgan fingerprint density at radius 1 is 1.33 bits per heavy atom. The number of aromatic nitrogens is 3. The SMILES string of the molecule is Cc1cc(-c2ccc(F)cc2)c(C#N)c2nc(CCl)nn12. The molecule has 0 saturated carbocycles. The van der Waals surface area contributed by atoms with Crippen LogP contribution in [0.3, 0.4) is 0 Å². The number of halogens is 2. The third kappa shape index (κ3) is 2.24. The summed E-state index contributed by atoms with van der Waals surface area (Å²) in [5, 5.41) is 13.7. The van der Waals surface area contributed by atoms with Gasteiger partial charge in [0.25, 0.3) is 0 Å². The molecule has 0 amide bonds. The number of fused-ring (bicyclic) bond motifs is 1. The molecule has 2 aromatic heterocycles. The van der Waals surface area contributed by atoms with Gasteiger partial charge in [-0.3, -0.25) is 0 Å². The second-order valence-corrected chi connectivity index (χ2v) is 4.86. The highest BCUT2D eigenvalue weighted by atomic mass is 35.5. The maximum atomic E-state index is 13.1. The van der Waals surface area contributed by atoms with Crippen LogP contribution in [0.15, 0.2) is 30.3 Å². The Morgan fingerprint density at radius 3 is 2.67 bits per heavy atom. The summed E-state index contributed by atoms with van der Waals surface area (Å²) >= 11 is 5.76. The smallest absolute Gasteiger partial charge is 0.174 e. The molecule has 0 bridgehead atoms. The minimum absolute atomic E-state index is 0.178. The lowest BCUT2D eigenvalue weighted by Crippen LogP contribution is -1.99. The van der Waals surface area contributed by atoms with Gasteiger partial charge in [-0.1, -0.05) is 12.1 Å². The fraction of sp³-hybridized carbons (Fsp3) is 0.133. The van der Waals surface area contributed by atoms with Crippen molar-refractivity contribution in [3.05, 3.63) is 53.2 Å². The summed E-state index contributed by atoms with van der Waals surface area (Å²) in [6.45, 7) is 1.87. The van der Waals surface area contributed by atoms with Crippen molar-refractivity contribution in [1.29, 1.82) is 5.26 Å². The largest absolute Gasteiger partial charge is 0.217 e. The molecule has 104 valence electrons. The molecule has 21 heavy (non-hydrogen) atoms. The van der Waals surface area contributed by atoms with Gasteiger partial charge >= 0.3 is 0 Å². The zero-order valence-electron chi connectivity index (χ0n) is 11.1. The number of nitriles is 1. The van der Waals surface area contributed by atoms with Gasteiger partial charge in [0.15, 0.2) is 11.5 Å². The average molecular weight is 301 g/mol. The lowest BCUT2D eigenvalue weighted by atomic mass is 10.0. The summed E-state index contributed by atoms with van der Waals surface area (Å²) in [6.07, 6.45) is 0. The molecule has 0 aliphatic heterocycles. The first kappa shape index (κ1) is 13.5. The first-order chi connectivity index (χ1) is 10.1. The number of nitrogens with zero attached hydrogens (tertiary/aromatic N) is 4. The van der Waals surface area contributed by atoms with Crippen LogP contribution in [-0.2, 0) is 5.88 Å². The minimum atomic E-state index is -0.318. The Morgan fingerprint density at radius 2 is 2.05 bits per heavy atom. The van der Waals surface area contributed by atoms with Crippen LogP contribution in [0.4, 0.5) is 4.39 Å². The molecule has 0 spiro atoms. The van der Waals surface area contributed by atoms with E-state index in [0.717, 1.165) is 11.3 Å². The second kappa shape index (κ2) is 5.15. The van der Waals surface area contributed by atoms with Gasteiger partial charge in [0.05, 0.1) is 5.88 Å². The number of hydrogen-bond donors (Lipinski definition) is 0. The normalized spacial score (nSPS) is 10.8. The van der Waals surface area contributed by atoms with E-state index in [1.807, 2.05) is 13.0 Å². The Hall–Kier alpha value is -2.45. The summed E-state index contributed by atoms with van der Waals surface area (Å²) in [6, 6.07) is 10.0. The zero-order chi connectivity index (χ0) is 15.0. The monoisotopic (exact) mass is 300 g/mol. The number of benzene rings is 1. The Labute approximate surface area is 125 Å². The van der Waals surface area contributed by atoms with E-state index < -0.39 is 0 Å². The van der Waals surface area contributed by atoms with Crippen molar-refractivity contribution in [2.75, 3.05) is 0 Å². The van der Waals surface area contributed by atoms with E-state index in [4.69, 9.17) is 11.6 Å². The van der Waals surface area contributed by atoms with Gasteiger partial charge in [-0.2, -0.15) is 5.26 Å². The second-order valence-electron chi connectivity index (χ2n) is 4.59. The fourth-order valence-electron chi connectivity index (χ4n) is 2.25. The molecule has 0 radical (unpaired) electrons. The third-order valence-corrected chi connectivity index (χ3v) is 3.46. The highest BCUT2D eigenvalue weighted by Gasteiger charge is 2.15. The molecule has 2 heterocycles. The van der Waals surface area contributed by atoms with E-state index in [9.17, 15) is 9.65 Å². The molecule has 0 fully saturated rings. The molecule has 1 aromatic carbocycles. The molecule has 6 heteroatoms. The van der Waals surface area contributed by atoms with Crippen molar-refractivity contribution < 1.29 is 4.39 Å². The van der Waals surface area contributed by atoms with E-state index in [1.54, 1.807) is 16.6 Å². The van der Waals surface area contributed by atoms with E-state index in [1.165, 1.54) is 12.1 Å². The minimum Gasteiger partial charge on any atom is -0.217 e. The van der Waals surface area contributed by atoms with Crippen LogP contribution in [0.2, 0.25) is 0 Å². The molecular formula is C15H10ClFN4. The standard InChI is InChI=1S/C15H10ClFN4/c1-9-6-12(10-2-4-11(17)5-3-10)13(8-18)15-19-14(7-16)20-21(9)15/h2-6H,7H2,1H3. The lowest BCUT2D eigenvalue weighted by Gasteiger charge is -2.08. The van der Waals surface area contributed by atoms with Crippen molar-refractivity contribution in [1.82, 2.24) is 14.6 Å². The van der Waals surface area contributed by atoms with Crippen molar-refractivity contribution in [2.24, 2.45) is 0 Å². The van der Waals surface area contributed by atoms with E-state index in [-0.39, 0.29) is 11.7 Å².